The fraction of sp³-hybridized carbons (Fsp3) is 0.190. The number of hydrogen-bond acceptors (Lipinski definition) is 2. The first-order valence-electron chi connectivity index (χ1n) is 8.05. The molecule has 0 saturated heterocycles. The van der Waals surface area contributed by atoms with Crippen molar-refractivity contribution in [3.8, 4) is 0 Å². The summed E-state index contributed by atoms with van der Waals surface area (Å²) in [5, 5.41) is 0. The van der Waals surface area contributed by atoms with Gasteiger partial charge in [-0.25, -0.2) is 4.39 Å². The second-order valence-corrected chi connectivity index (χ2v) is 7.49. The molecule has 3 rings (SSSR count). The van der Waals surface area contributed by atoms with Gasteiger partial charge in [0.15, 0.2) is 0 Å². The molecule has 0 heterocycles. The standard InChI is InChI=1S/C21H19FO2S/c1-13(12-23)19-14(2)20(17-10-9-16(22)11-18(17)19)21(25(3)24)15-7-5-4-6-8-15/h4-13H,1-3H3. The van der Waals surface area contributed by atoms with Gasteiger partial charge in [-0.3, -0.25) is 4.21 Å². The Labute approximate surface area is 149 Å². The Morgan fingerprint density at radius 3 is 2.40 bits per heavy atom. The fourth-order valence-corrected chi connectivity index (χ4v) is 4.51. The van der Waals surface area contributed by atoms with Crippen molar-refractivity contribution in [3.63, 3.8) is 0 Å². The van der Waals surface area contributed by atoms with Crippen LogP contribution in [-0.2, 0) is 15.6 Å². The summed E-state index contributed by atoms with van der Waals surface area (Å²) in [5.74, 6) is -0.706. The number of allylic oxidation sites excluding steroid dienone is 3. The number of fused-ring (bicyclic) bond motifs is 1. The van der Waals surface area contributed by atoms with Crippen LogP contribution in [0.5, 0.6) is 0 Å². The quantitative estimate of drug-likeness (QED) is 0.746. The number of hydrogen-bond donors (Lipinski definition) is 0. The Morgan fingerprint density at radius 1 is 1.12 bits per heavy atom. The number of aldehydes is 1. The van der Waals surface area contributed by atoms with Crippen molar-refractivity contribution in [1.82, 2.24) is 0 Å². The lowest BCUT2D eigenvalue weighted by Gasteiger charge is -2.12. The summed E-state index contributed by atoms with van der Waals surface area (Å²) in [6.45, 7) is 3.72. The second kappa shape index (κ2) is 6.89. The van der Waals surface area contributed by atoms with Crippen molar-refractivity contribution in [2.45, 2.75) is 13.8 Å². The number of carbonyl (C=O) groups is 1. The van der Waals surface area contributed by atoms with Crippen LogP contribution in [0, 0.1) is 11.7 Å². The van der Waals surface area contributed by atoms with E-state index in [1.54, 1.807) is 19.2 Å². The van der Waals surface area contributed by atoms with E-state index < -0.39 is 10.8 Å². The normalized spacial score (nSPS) is 17.9. The van der Waals surface area contributed by atoms with Crippen molar-refractivity contribution in [2.75, 3.05) is 6.26 Å². The van der Waals surface area contributed by atoms with Crippen LogP contribution in [0.25, 0.3) is 16.1 Å². The minimum Gasteiger partial charge on any atom is -0.303 e. The van der Waals surface area contributed by atoms with E-state index >= 15 is 0 Å². The van der Waals surface area contributed by atoms with Crippen molar-refractivity contribution in [3.05, 3.63) is 76.6 Å². The largest absolute Gasteiger partial charge is 0.303 e. The molecule has 128 valence electrons. The Bertz CT molecular complexity index is 926. The predicted molar refractivity (Wildman–Crippen MR) is 102 cm³/mol. The lowest BCUT2D eigenvalue weighted by molar-refractivity contribution is -0.109. The Hall–Kier alpha value is -2.33. The van der Waals surface area contributed by atoms with E-state index in [-0.39, 0.29) is 11.7 Å². The predicted octanol–water partition coefficient (Wildman–Crippen LogP) is 4.69. The van der Waals surface area contributed by atoms with Gasteiger partial charge in [0.05, 0.1) is 15.7 Å². The molecule has 0 saturated carbocycles. The molecule has 2 atom stereocenters. The molecule has 2 aromatic carbocycles. The van der Waals surface area contributed by atoms with Gasteiger partial charge in [0.25, 0.3) is 0 Å². The van der Waals surface area contributed by atoms with E-state index in [4.69, 9.17) is 0 Å². The third kappa shape index (κ3) is 3.02. The summed E-state index contributed by atoms with van der Waals surface area (Å²) >= 11 is 0. The van der Waals surface area contributed by atoms with E-state index in [2.05, 4.69) is 0 Å². The molecule has 0 N–H and O–H groups in total. The highest BCUT2D eigenvalue weighted by Gasteiger charge is 2.30. The summed E-state index contributed by atoms with van der Waals surface area (Å²) in [7, 11) is -1.24. The molecule has 0 radical (unpaired) electrons. The molecule has 0 spiro atoms. The molecule has 1 aliphatic carbocycles. The van der Waals surface area contributed by atoms with E-state index in [0.717, 1.165) is 34.1 Å². The topological polar surface area (TPSA) is 34.1 Å². The second-order valence-electron chi connectivity index (χ2n) is 6.18. The summed E-state index contributed by atoms with van der Waals surface area (Å²) in [6, 6.07) is 14.1. The fourth-order valence-electron chi connectivity index (χ4n) is 3.49. The van der Waals surface area contributed by atoms with Gasteiger partial charge < -0.3 is 4.79 Å². The molecular formula is C21H19FO2S. The summed E-state index contributed by atoms with van der Waals surface area (Å²) in [5.41, 5.74) is 4.94. The van der Waals surface area contributed by atoms with Crippen LogP contribution >= 0.6 is 0 Å². The molecule has 0 aromatic heterocycles. The zero-order valence-corrected chi connectivity index (χ0v) is 15.2. The van der Waals surface area contributed by atoms with E-state index in [1.807, 2.05) is 37.3 Å². The van der Waals surface area contributed by atoms with Gasteiger partial charge in [0, 0.05) is 17.7 Å². The molecule has 0 fully saturated rings. The van der Waals surface area contributed by atoms with Crippen LogP contribution in [0.4, 0.5) is 4.39 Å². The van der Waals surface area contributed by atoms with Crippen LogP contribution < -0.4 is 0 Å². The van der Waals surface area contributed by atoms with Crippen LogP contribution in [-0.4, -0.2) is 16.8 Å². The van der Waals surface area contributed by atoms with Crippen LogP contribution in [0.3, 0.4) is 0 Å². The van der Waals surface area contributed by atoms with Gasteiger partial charge in [0.2, 0.25) is 0 Å². The van der Waals surface area contributed by atoms with E-state index in [1.165, 1.54) is 12.1 Å². The van der Waals surface area contributed by atoms with Crippen LogP contribution in [0.2, 0.25) is 0 Å². The average Bonchev–Trinajstić information content (AvgIpc) is 2.87. The van der Waals surface area contributed by atoms with Gasteiger partial charge in [-0.05, 0) is 46.9 Å². The minimum atomic E-state index is -1.24. The van der Waals surface area contributed by atoms with Gasteiger partial charge in [0.1, 0.15) is 12.1 Å². The molecule has 4 heteroatoms. The number of benzene rings is 2. The highest BCUT2D eigenvalue weighted by molar-refractivity contribution is 7.94. The Kier molecular flexibility index (Phi) is 4.82. The first-order chi connectivity index (χ1) is 12.0. The average molecular weight is 354 g/mol. The summed E-state index contributed by atoms with van der Waals surface area (Å²) < 4.78 is 26.4. The van der Waals surface area contributed by atoms with Gasteiger partial charge in [-0.1, -0.05) is 43.3 Å². The molecule has 1 aliphatic rings. The van der Waals surface area contributed by atoms with Gasteiger partial charge in [-0.2, -0.15) is 0 Å². The zero-order chi connectivity index (χ0) is 18.1. The summed E-state index contributed by atoms with van der Waals surface area (Å²) in [4.78, 5) is 12.1. The smallest absolute Gasteiger partial charge is 0.127 e. The Morgan fingerprint density at radius 2 is 1.80 bits per heavy atom. The molecule has 2 nitrogen and oxygen atoms in total. The maximum Gasteiger partial charge on any atom is 0.127 e. The molecule has 0 amide bonds. The molecule has 0 aliphatic heterocycles. The van der Waals surface area contributed by atoms with Crippen molar-refractivity contribution in [1.29, 1.82) is 0 Å². The monoisotopic (exact) mass is 354 g/mol. The first-order valence-corrected chi connectivity index (χ1v) is 9.61. The lowest BCUT2D eigenvalue weighted by Crippen LogP contribution is -2.00. The lowest BCUT2D eigenvalue weighted by atomic mass is 9.95. The number of halogens is 1. The van der Waals surface area contributed by atoms with E-state index in [0.29, 0.717) is 10.5 Å². The van der Waals surface area contributed by atoms with Gasteiger partial charge in [-0.15, -0.1) is 0 Å². The molecule has 0 bridgehead atoms. The Balaban J connectivity index is 2.40. The zero-order valence-electron chi connectivity index (χ0n) is 14.4. The van der Waals surface area contributed by atoms with Crippen molar-refractivity contribution < 1.29 is 13.4 Å². The van der Waals surface area contributed by atoms with Crippen LogP contribution in [0.15, 0.2) is 54.1 Å². The molecular weight excluding hydrogens is 335 g/mol. The molecule has 2 unspecified atom stereocenters. The maximum atomic E-state index is 13.9. The molecule has 2 aromatic rings. The summed E-state index contributed by atoms with van der Waals surface area (Å²) in [6.07, 6.45) is 2.51. The van der Waals surface area contributed by atoms with Crippen molar-refractivity contribution in [2.24, 2.45) is 5.92 Å². The van der Waals surface area contributed by atoms with E-state index in [9.17, 15) is 13.4 Å². The third-order valence-electron chi connectivity index (χ3n) is 4.53. The third-order valence-corrected chi connectivity index (χ3v) is 5.54. The number of rotatable bonds is 4. The minimum absolute atomic E-state index is 0.345. The highest BCUT2D eigenvalue weighted by Crippen LogP contribution is 2.47. The van der Waals surface area contributed by atoms with Gasteiger partial charge >= 0.3 is 0 Å². The van der Waals surface area contributed by atoms with Crippen molar-refractivity contribution >= 4 is 33.1 Å². The molecule has 25 heavy (non-hydrogen) atoms. The maximum absolute atomic E-state index is 13.9. The SMILES string of the molecule is CC1=C(C(C)C=O)c2cc(F)ccc2C1=C(c1ccccc1)S(C)=O. The number of carbonyl (C=O) groups excluding carboxylic acids is 1. The first kappa shape index (κ1) is 17.5. The highest BCUT2D eigenvalue weighted by atomic mass is 32.2. The van der Waals surface area contributed by atoms with Crippen LogP contribution in [0.1, 0.15) is 30.5 Å².